The Morgan fingerprint density at radius 1 is 1.40 bits per heavy atom. The highest BCUT2D eigenvalue weighted by Crippen LogP contribution is 2.27. The molecular weight excluding hydrogens is 241 g/mol. The lowest BCUT2D eigenvalue weighted by molar-refractivity contribution is 0.0690. The van der Waals surface area contributed by atoms with Crippen molar-refractivity contribution in [1.82, 2.24) is 15.0 Å². The fourth-order valence-electron chi connectivity index (χ4n) is 1.38. The summed E-state index contributed by atoms with van der Waals surface area (Å²) in [6, 6.07) is 0. The molecule has 0 aliphatic rings. The molecule has 0 amide bonds. The molecule has 0 saturated heterocycles. The van der Waals surface area contributed by atoms with Crippen LogP contribution >= 0.6 is 23.2 Å². The van der Waals surface area contributed by atoms with Crippen LogP contribution in [0.4, 0.5) is 0 Å². The van der Waals surface area contributed by atoms with Gasteiger partial charge in [0.05, 0.1) is 5.39 Å². The SMILES string of the molecule is Cc1c(C(=O)O)[nH]c2nc(Cl)nc(Cl)c12. The number of aryl methyl sites for hydroxylation is 1. The molecule has 78 valence electrons. The number of carboxylic acids is 1. The first kappa shape index (κ1) is 10.2. The van der Waals surface area contributed by atoms with E-state index in [1.54, 1.807) is 6.92 Å². The summed E-state index contributed by atoms with van der Waals surface area (Å²) in [5, 5.41) is 9.48. The molecule has 2 heterocycles. The van der Waals surface area contributed by atoms with Crippen molar-refractivity contribution in [3.63, 3.8) is 0 Å². The van der Waals surface area contributed by atoms with Crippen LogP contribution in [0.3, 0.4) is 0 Å². The maximum atomic E-state index is 10.8. The number of rotatable bonds is 1. The van der Waals surface area contributed by atoms with E-state index in [1.807, 2.05) is 0 Å². The number of hydrogen-bond donors (Lipinski definition) is 2. The number of H-pyrrole nitrogens is 1. The highest BCUT2D eigenvalue weighted by atomic mass is 35.5. The zero-order chi connectivity index (χ0) is 11.2. The van der Waals surface area contributed by atoms with Crippen molar-refractivity contribution in [2.45, 2.75) is 6.92 Å². The fraction of sp³-hybridized carbons (Fsp3) is 0.125. The van der Waals surface area contributed by atoms with Gasteiger partial charge in [-0.25, -0.2) is 9.78 Å². The molecule has 0 fully saturated rings. The van der Waals surface area contributed by atoms with E-state index in [2.05, 4.69) is 15.0 Å². The second-order valence-corrected chi connectivity index (χ2v) is 3.63. The lowest BCUT2D eigenvalue weighted by Gasteiger charge is -1.94. The highest BCUT2D eigenvalue weighted by molar-refractivity contribution is 6.36. The molecule has 15 heavy (non-hydrogen) atoms. The largest absolute Gasteiger partial charge is 0.477 e. The van der Waals surface area contributed by atoms with E-state index in [4.69, 9.17) is 28.3 Å². The Hall–Kier alpha value is -1.33. The Morgan fingerprint density at radius 3 is 2.67 bits per heavy atom. The number of nitrogens with one attached hydrogen (secondary N) is 1. The molecule has 2 rings (SSSR count). The summed E-state index contributed by atoms with van der Waals surface area (Å²) in [6.45, 7) is 1.63. The summed E-state index contributed by atoms with van der Waals surface area (Å²) in [4.78, 5) is 21.1. The minimum atomic E-state index is -1.07. The molecule has 0 unspecified atom stereocenters. The summed E-state index contributed by atoms with van der Waals surface area (Å²) in [7, 11) is 0. The van der Waals surface area contributed by atoms with Crippen LogP contribution in [0.5, 0.6) is 0 Å². The van der Waals surface area contributed by atoms with Gasteiger partial charge in [0.1, 0.15) is 16.5 Å². The van der Waals surface area contributed by atoms with Crippen LogP contribution in [0.15, 0.2) is 0 Å². The van der Waals surface area contributed by atoms with Crippen LogP contribution in [0.2, 0.25) is 10.4 Å². The van der Waals surface area contributed by atoms with Crippen LogP contribution in [-0.4, -0.2) is 26.0 Å². The van der Waals surface area contributed by atoms with Crippen molar-refractivity contribution in [1.29, 1.82) is 0 Å². The summed E-state index contributed by atoms with van der Waals surface area (Å²) in [5.41, 5.74) is 0.873. The Kier molecular flexibility index (Phi) is 2.28. The van der Waals surface area contributed by atoms with Crippen molar-refractivity contribution in [3.8, 4) is 0 Å². The molecule has 0 aliphatic carbocycles. The van der Waals surface area contributed by atoms with Gasteiger partial charge >= 0.3 is 5.97 Å². The van der Waals surface area contributed by atoms with E-state index in [0.717, 1.165) is 0 Å². The topological polar surface area (TPSA) is 78.9 Å². The normalized spacial score (nSPS) is 10.9. The molecule has 0 aliphatic heterocycles. The average Bonchev–Trinajstić information content (AvgIpc) is 2.42. The molecule has 2 aromatic rings. The van der Waals surface area contributed by atoms with Crippen molar-refractivity contribution < 1.29 is 9.90 Å². The molecule has 0 aromatic carbocycles. The summed E-state index contributed by atoms with van der Waals surface area (Å²) in [6.07, 6.45) is 0. The zero-order valence-corrected chi connectivity index (χ0v) is 9.02. The van der Waals surface area contributed by atoms with Gasteiger partial charge < -0.3 is 10.1 Å². The van der Waals surface area contributed by atoms with Crippen LogP contribution in [0.1, 0.15) is 16.1 Å². The summed E-state index contributed by atoms with van der Waals surface area (Å²) in [5.74, 6) is -1.07. The first-order chi connectivity index (χ1) is 7.00. The molecule has 2 N–H and O–H groups in total. The van der Waals surface area contributed by atoms with Gasteiger partial charge in [-0.2, -0.15) is 4.98 Å². The van der Waals surface area contributed by atoms with E-state index in [0.29, 0.717) is 16.6 Å². The van der Waals surface area contributed by atoms with Gasteiger partial charge in [0.25, 0.3) is 0 Å². The average molecular weight is 246 g/mol. The van der Waals surface area contributed by atoms with E-state index in [1.165, 1.54) is 0 Å². The van der Waals surface area contributed by atoms with E-state index < -0.39 is 5.97 Å². The van der Waals surface area contributed by atoms with E-state index in [9.17, 15) is 4.79 Å². The van der Waals surface area contributed by atoms with Crippen molar-refractivity contribution in [2.24, 2.45) is 0 Å². The van der Waals surface area contributed by atoms with Gasteiger partial charge in [-0.1, -0.05) is 11.6 Å². The number of hydrogen-bond acceptors (Lipinski definition) is 3. The molecule has 0 radical (unpaired) electrons. The number of carboxylic acid groups (broad SMARTS) is 1. The number of halogens is 2. The van der Waals surface area contributed by atoms with Crippen molar-refractivity contribution >= 4 is 40.2 Å². The number of aromatic amines is 1. The highest BCUT2D eigenvalue weighted by Gasteiger charge is 2.17. The van der Waals surface area contributed by atoms with Crippen molar-refractivity contribution in [3.05, 3.63) is 21.7 Å². The Balaban J connectivity index is 2.88. The quantitative estimate of drug-likeness (QED) is 0.597. The van der Waals surface area contributed by atoms with Gasteiger partial charge in [0, 0.05) is 0 Å². The number of aromatic nitrogens is 3. The van der Waals surface area contributed by atoms with E-state index in [-0.39, 0.29) is 16.1 Å². The van der Waals surface area contributed by atoms with Crippen LogP contribution < -0.4 is 0 Å². The first-order valence-electron chi connectivity index (χ1n) is 3.95. The molecule has 7 heteroatoms. The third-order valence-electron chi connectivity index (χ3n) is 2.04. The molecule has 2 aromatic heterocycles. The Morgan fingerprint density at radius 2 is 2.07 bits per heavy atom. The van der Waals surface area contributed by atoms with Gasteiger partial charge in [0.2, 0.25) is 5.28 Å². The number of fused-ring (bicyclic) bond motifs is 1. The summed E-state index contributed by atoms with van der Waals surface area (Å²) >= 11 is 11.4. The predicted octanol–water partition coefficient (Wildman–Crippen LogP) is 2.27. The van der Waals surface area contributed by atoms with Gasteiger partial charge in [-0.3, -0.25) is 0 Å². The number of carbonyl (C=O) groups is 1. The lowest BCUT2D eigenvalue weighted by atomic mass is 10.2. The van der Waals surface area contributed by atoms with Gasteiger partial charge in [-0.15, -0.1) is 0 Å². The van der Waals surface area contributed by atoms with Crippen LogP contribution in [0.25, 0.3) is 11.0 Å². The second-order valence-electron chi connectivity index (χ2n) is 2.94. The maximum absolute atomic E-state index is 10.8. The zero-order valence-electron chi connectivity index (χ0n) is 7.51. The van der Waals surface area contributed by atoms with E-state index >= 15 is 0 Å². The first-order valence-corrected chi connectivity index (χ1v) is 4.71. The third kappa shape index (κ3) is 1.53. The predicted molar refractivity (Wildman–Crippen MR) is 55.6 cm³/mol. The number of aromatic carboxylic acids is 1. The standard InChI is InChI=1S/C8H5Cl2N3O2/c1-2-3-5(9)12-8(10)13-6(3)11-4(2)7(14)15/h1H3,(H,14,15)(H,11,12,13). The summed E-state index contributed by atoms with van der Waals surface area (Å²) < 4.78 is 0. The molecular formula is C8H5Cl2N3O2. The molecule has 0 atom stereocenters. The van der Waals surface area contributed by atoms with Crippen LogP contribution in [0, 0.1) is 6.92 Å². The molecule has 5 nitrogen and oxygen atoms in total. The lowest BCUT2D eigenvalue weighted by Crippen LogP contribution is -1.98. The smallest absolute Gasteiger partial charge is 0.352 e. The molecule has 0 spiro atoms. The van der Waals surface area contributed by atoms with Crippen LogP contribution in [-0.2, 0) is 0 Å². The van der Waals surface area contributed by atoms with Crippen molar-refractivity contribution in [2.75, 3.05) is 0 Å². The Bertz CT molecular complexity index is 565. The molecule has 0 bridgehead atoms. The monoisotopic (exact) mass is 245 g/mol. The fourth-order valence-corrected chi connectivity index (χ4v) is 1.91. The molecule has 0 saturated carbocycles. The number of nitrogens with zero attached hydrogens (tertiary/aromatic N) is 2. The minimum absolute atomic E-state index is 0.0225. The third-order valence-corrected chi connectivity index (χ3v) is 2.49. The second kappa shape index (κ2) is 3.36. The van der Waals surface area contributed by atoms with Gasteiger partial charge in [-0.05, 0) is 24.1 Å². The Labute approximate surface area is 94.1 Å². The maximum Gasteiger partial charge on any atom is 0.352 e. The minimum Gasteiger partial charge on any atom is -0.477 e. The van der Waals surface area contributed by atoms with Gasteiger partial charge in [0.15, 0.2) is 0 Å².